The third-order valence-corrected chi connectivity index (χ3v) is 3.20. The first-order valence-corrected chi connectivity index (χ1v) is 7.06. The average Bonchev–Trinajstić information content (AvgIpc) is 3.30. The highest BCUT2D eigenvalue weighted by Crippen LogP contribution is 2.35. The molecule has 8 nitrogen and oxygen atoms in total. The van der Waals surface area contributed by atoms with E-state index in [0.29, 0.717) is 31.3 Å². The van der Waals surface area contributed by atoms with Crippen LogP contribution < -0.4 is 10.2 Å². The Bertz CT molecular complexity index is 552. The molecular weight excluding hydrogens is 272 g/mol. The van der Waals surface area contributed by atoms with E-state index in [-0.39, 0.29) is 11.7 Å². The quantitative estimate of drug-likeness (QED) is 0.576. The van der Waals surface area contributed by atoms with Crippen LogP contribution in [-0.4, -0.2) is 34.0 Å². The van der Waals surface area contributed by atoms with E-state index in [1.165, 1.54) is 6.20 Å². The van der Waals surface area contributed by atoms with E-state index in [1.54, 1.807) is 0 Å². The van der Waals surface area contributed by atoms with Crippen molar-refractivity contribution in [2.24, 2.45) is 0 Å². The molecule has 1 N–H and O–H groups in total. The van der Waals surface area contributed by atoms with E-state index in [0.717, 1.165) is 19.3 Å². The first kappa shape index (κ1) is 15.0. The number of nitro groups is 1. The summed E-state index contributed by atoms with van der Waals surface area (Å²) < 4.78 is 0. The molecule has 0 amide bonds. The molecule has 2 rings (SSSR count). The van der Waals surface area contributed by atoms with Gasteiger partial charge in [-0.05, 0) is 19.3 Å². The zero-order chi connectivity index (χ0) is 15.2. The molecule has 0 radical (unpaired) electrons. The number of nitrogens with one attached hydrogen (secondary N) is 1. The molecule has 0 bridgehead atoms. The van der Waals surface area contributed by atoms with Gasteiger partial charge in [-0.1, -0.05) is 6.92 Å². The molecule has 1 aromatic rings. The molecule has 1 aliphatic carbocycles. The summed E-state index contributed by atoms with van der Waals surface area (Å²) in [6.07, 6.45) is 4.42. The van der Waals surface area contributed by atoms with Crippen LogP contribution in [0.15, 0.2) is 6.20 Å². The highest BCUT2D eigenvalue weighted by molar-refractivity contribution is 5.60. The molecule has 0 unspecified atom stereocenters. The maximum Gasteiger partial charge on any atom is 0.329 e. The van der Waals surface area contributed by atoms with Gasteiger partial charge in [-0.2, -0.15) is 10.2 Å². The Kier molecular flexibility index (Phi) is 4.87. The van der Waals surface area contributed by atoms with Crippen LogP contribution >= 0.6 is 0 Å². The van der Waals surface area contributed by atoms with Crippen LogP contribution in [0.5, 0.6) is 0 Å². The fraction of sp³-hybridized carbons (Fsp3) is 0.615. The van der Waals surface area contributed by atoms with Crippen LogP contribution in [0.2, 0.25) is 0 Å². The summed E-state index contributed by atoms with van der Waals surface area (Å²) >= 11 is 0. The summed E-state index contributed by atoms with van der Waals surface area (Å²) in [6, 6.07) is 2.32. The second-order valence-corrected chi connectivity index (χ2v) is 4.92. The Balaban J connectivity index is 2.31. The maximum atomic E-state index is 11.2. The van der Waals surface area contributed by atoms with Crippen molar-refractivity contribution in [3.05, 3.63) is 16.3 Å². The Morgan fingerprint density at radius 1 is 1.62 bits per heavy atom. The van der Waals surface area contributed by atoms with Gasteiger partial charge in [0.1, 0.15) is 6.20 Å². The first-order valence-electron chi connectivity index (χ1n) is 7.06. The average molecular weight is 290 g/mol. The normalized spacial score (nSPS) is 13.5. The van der Waals surface area contributed by atoms with E-state index in [1.807, 2.05) is 11.8 Å². The Hall–Kier alpha value is -2.43. The van der Waals surface area contributed by atoms with Crippen molar-refractivity contribution in [2.45, 2.75) is 38.6 Å². The van der Waals surface area contributed by atoms with Gasteiger partial charge in [0, 0.05) is 19.1 Å². The second-order valence-electron chi connectivity index (χ2n) is 4.92. The van der Waals surface area contributed by atoms with Crippen LogP contribution in [0.1, 0.15) is 32.6 Å². The van der Waals surface area contributed by atoms with Crippen molar-refractivity contribution in [3.63, 3.8) is 0 Å². The summed E-state index contributed by atoms with van der Waals surface area (Å²) in [5.74, 6) is 0.700. The number of hydrogen-bond acceptors (Lipinski definition) is 7. The van der Waals surface area contributed by atoms with E-state index in [9.17, 15) is 10.1 Å². The summed E-state index contributed by atoms with van der Waals surface area (Å²) in [4.78, 5) is 20.9. The molecule has 0 aliphatic heterocycles. The van der Waals surface area contributed by atoms with Crippen LogP contribution in [0.25, 0.3) is 0 Å². The van der Waals surface area contributed by atoms with Gasteiger partial charge >= 0.3 is 5.69 Å². The highest BCUT2D eigenvalue weighted by atomic mass is 16.6. The molecule has 1 aromatic heterocycles. The Morgan fingerprint density at radius 3 is 2.95 bits per heavy atom. The van der Waals surface area contributed by atoms with Crippen LogP contribution in [0, 0.1) is 21.4 Å². The van der Waals surface area contributed by atoms with Gasteiger partial charge in [0.05, 0.1) is 17.4 Å². The molecule has 0 atom stereocenters. The zero-order valence-corrected chi connectivity index (χ0v) is 11.9. The van der Waals surface area contributed by atoms with Crippen molar-refractivity contribution >= 4 is 17.5 Å². The number of hydrogen-bond donors (Lipinski definition) is 1. The lowest BCUT2D eigenvalue weighted by molar-refractivity contribution is -0.384. The molecule has 1 fully saturated rings. The van der Waals surface area contributed by atoms with Crippen LogP contribution in [0.4, 0.5) is 17.5 Å². The van der Waals surface area contributed by atoms with E-state index in [4.69, 9.17) is 5.26 Å². The van der Waals surface area contributed by atoms with Crippen LogP contribution in [-0.2, 0) is 0 Å². The van der Waals surface area contributed by atoms with E-state index >= 15 is 0 Å². The molecule has 1 aliphatic rings. The van der Waals surface area contributed by atoms with Gasteiger partial charge < -0.3 is 10.2 Å². The second kappa shape index (κ2) is 6.83. The third kappa shape index (κ3) is 3.78. The monoisotopic (exact) mass is 290 g/mol. The Labute approximate surface area is 123 Å². The van der Waals surface area contributed by atoms with Gasteiger partial charge in [-0.15, -0.1) is 0 Å². The number of nitriles is 1. The molecular formula is C13H18N6O2. The smallest absolute Gasteiger partial charge is 0.329 e. The SMILES string of the molecule is CCCNc1ncc([N+](=O)[O-])c(N(CCC#N)C2CC2)n1. The zero-order valence-electron chi connectivity index (χ0n) is 11.9. The van der Waals surface area contributed by atoms with Gasteiger partial charge in [0.2, 0.25) is 11.8 Å². The van der Waals surface area contributed by atoms with E-state index in [2.05, 4.69) is 21.4 Å². The number of anilines is 2. The predicted octanol–water partition coefficient (Wildman–Crippen LogP) is 2.09. The molecule has 0 spiro atoms. The van der Waals surface area contributed by atoms with Crippen molar-refractivity contribution in [1.82, 2.24) is 9.97 Å². The van der Waals surface area contributed by atoms with Gasteiger partial charge in [0.25, 0.3) is 0 Å². The fourth-order valence-electron chi connectivity index (χ4n) is 2.05. The van der Waals surface area contributed by atoms with Gasteiger partial charge in [0.15, 0.2) is 0 Å². The number of nitrogens with zero attached hydrogens (tertiary/aromatic N) is 5. The summed E-state index contributed by atoms with van der Waals surface area (Å²) in [6.45, 7) is 3.17. The van der Waals surface area contributed by atoms with E-state index < -0.39 is 4.92 Å². The van der Waals surface area contributed by atoms with Crippen molar-refractivity contribution in [3.8, 4) is 6.07 Å². The number of rotatable bonds is 8. The topological polar surface area (TPSA) is 108 Å². The molecule has 1 saturated carbocycles. The summed E-state index contributed by atoms with van der Waals surface area (Å²) in [7, 11) is 0. The molecule has 0 aromatic carbocycles. The highest BCUT2D eigenvalue weighted by Gasteiger charge is 2.34. The maximum absolute atomic E-state index is 11.2. The fourth-order valence-corrected chi connectivity index (χ4v) is 2.05. The summed E-state index contributed by atoms with van der Waals surface area (Å²) in [5.41, 5.74) is -0.109. The number of aromatic nitrogens is 2. The molecule has 0 saturated heterocycles. The lowest BCUT2D eigenvalue weighted by Gasteiger charge is -2.22. The Morgan fingerprint density at radius 2 is 2.38 bits per heavy atom. The van der Waals surface area contributed by atoms with Gasteiger partial charge in [-0.25, -0.2) is 4.98 Å². The third-order valence-electron chi connectivity index (χ3n) is 3.20. The molecule has 21 heavy (non-hydrogen) atoms. The largest absolute Gasteiger partial charge is 0.354 e. The lowest BCUT2D eigenvalue weighted by atomic mass is 10.3. The predicted molar refractivity (Wildman–Crippen MR) is 78.1 cm³/mol. The van der Waals surface area contributed by atoms with Gasteiger partial charge in [-0.3, -0.25) is 10.1 Å². The van der Waals surface area contributed by atoms with Crippen molar-refractivity contribution < 1.29 is 4.92 Å². The van der Waals surface area contributed by atoms with Crippen molar-refractivity contribution in [1.29, 1.82) is 5.26 Å². The molecule has 112 valence electrons. The van der Waals surface area contributed by atoms with Crippen LogP contribution in [0.3, 0.4) is 0 Å². The molecule has 8 heteroatoms. The lowest BCUT2D eigenvalue weighted by Crippen LogP contribution is -2.28. The minimum absolute atomic E-state index is 0.109. The standard InChI is InChI=1S/C13H18N6O2/c1-2-7-15-13-16-9-11(19(20)21)12(17-13)18(8-3-6-14)10-4-5-10/h9-10H,2-5,7-8H2,1H3,(H,15,16,17). The van der Waals surface area contributed by atoms with Crippen molar-refractivity contribution in [2.75, 3.05) is 23.3 Å². The minimum Gasteiger partial charge on any atom is -0.354 e. The summed E-state index contributed by atoms with van der Waals surface area (Å²) in [5, 5.41) is 23.0. The minimum atomic E-state index is -0.472. The molecule has 1 heterocycles. The first-order chi connectivity index (χ1) is 10.2.